The van der Waals surface area contributed by atoms with Gasteiger partial charge in [-0.3, -0.25) is 0 Å². The molecule has 0 spiro atoms. The number of alkyl halides is 2. The van der Waals surface area contributed by atoms with Crippen molar-refractivity contribution in [2.24, 2.45) is 0 Å². The minimum Gasteiger partial charge on any atom is -0.435 e. The Balaban J connectivity index is 2.01. The van der Waals surface area contributed by atoms with Crippen molar-refractivity contribution < 1.29 is 13.5 Å². The van der Waals surface area contributed by atoms with Gasteiger partial charge in [0.25, 0.3) is 0 Å². The lowest BCUT2D eigenvalue weighted by atomic mass is 10.0. The molecule has 0 saturated heterocycles. The number of hydrogen-bond donors (Lipinski definition) is 1. The summed E-state index contributed by atoms with van der Waals surface area (Å²) in [6, 6.07) is 10.9. The molecule has 2 aromatic carbocycles. The Hall–Kier alpha value is -2.10. The molecule has 112 valence electrons. The van der Waals surface area contributed by atoms with Crippen LogP contribution in [0.15, 0.2) is 36.4 Å². The average Bonchev–Trinajstić information content (AvgIpc) is 2.42. The Bertz CT molecular complexity index is 609. The van der Waals surface area contributed by atoms with Gasteiger partial charge in [0, 0.05) is 12.2 Å². The van der Waals surface area contributed by atoms with Crippen molar-refractivity contribution in [1.29, 1.82) is 0 Å². The molecule has 1 N–H and O–H groups in total. The van der Waals surface area contributed by atoms with Crippen LogP contribution in [-0.4, -0.2) is 6.61 Å². The zero-order valence-electron chi connectivity index (χ0n) is 12.4. The maximum Gasteiger partial charge on any atom is 0.387 e. The van der Waals surface area contributed by atoms with Crippen molar-refractivity contribution in [2.75, 3.05) is 5.32 Å². The third-order valence-electron chi connectivity index (χ3n) is 3.51. The van der Waals surface area contributed by atoms with Gasteiger partial charge in [-0.05, 0) is 67.3 Å². The molecule has 2 nitrogen and oxygen atoms in total. The lowest BCUT2D eigenvalue weighted by molar-refractivity contribution is -0.0498. The normalized spacial score (nSPS) is 10.8. The molecule has 0 aromatic heterocycles. The predicted octanol–water partition coefficient (Wildman–Crippen LogP) is 4.83. The highest BCUT2D eigenvalue weighted by Gasteiger charge is 2.05. The van der Waals surface area contributed by atoms with E-state index in [9.17, 15) is 8.78 Å². The maximum absolute atomic E-state index is 12.1. The number of anilines is 1. The highest BCUT2D eigenvalue weighted by atomic mass is 19.3. The fourth-order valence-electron chi connectivity index (χ4n) is 2.16. The highest BCUT2D eigenvalue weighted by molar-refractivity contribution is 5.48. The van der Waals surface area contributed by atoms with E-state index in [1.807, 2.05) is 0 Å². The molecule has 0 heterocycles. The number of ether oxygens (including phenoxy) is 1. The molecule has 21 heavy (non-hydrogen) atoms. The van der Waals surface area contributed by atoms with E-state index < -0.39 is 6.61 Å². The first-order valence-electron chi connectivity index (χ1n) is 6.81. The van der Waals surface area contributed by atoms with Gasteiger partial charge >= 0.3 is 6.61 Å². The number of nitrogens with one attached hydrogen (secondary N) is 1. The minimum atomic E-state index is -2.79. The van der Waals surface area contributed by atoms with Crippen molar-refractivity contribution in [1.82, 2.24) is 0 Å². The van der Waals surface area contributed by atoms with Crippen LogP contribution in [-0.2, 0) is 6.54 Å². The van der Waals surface area contributed by atoms with Crippen LogP contribution in [0.2, 0.25) is 0 Å². The largest absolute Gasteiger partial charge is 0.435 e. The van der Waals surface area contributed by atoms with Gasteiger partial charge in [0.1, 0.15) is 5.75 Å². The molecular weight excluding hydrogens is 272 g/mol. The number of benzene rings is 2. The zero-order valence-corrected chi connectivity index (χ0v) is 12.4. The Morgan fingerprint density at radius 3 is 2.19 bits per heavy atom. The topological polar surface area (TPSA) is 21.3 Å². The van der Waals surface area contributed by atoms with Crippen molar-refractivity contribution >= 4 is 5.69 Å². The van der Waals surface area contributed by atoms with Crippen LogP contribution >= 0.6 is 0 Å². The van der Waals surface area contributed by atoms with Gasteiger partial charge in [-0.25, -0.2) is 0 Å². The summed E-state index contributed by atoms with van der Waals surface area (Å²) in [5.41, 5.74) is 5.88. The first-order valence-corrected chi connectivity index (χ1v) is 6.81. The van der Waals surface area contributed by atoms with E-state index in [1.165, 1.54) is 34.4 Å². The maximum atomic E-state index is 12.1. The van der Waals surface area contributed by atoms with Gasteiger partial charge in [0.15, 0.2) is 0 Å². The molecule has 0 atom stereocenters. The summed E-state index contributed by atoms with van der Waals surface area (Å²) in [5.74, 6) is 0.165. The molecule has 0 unspecified atom stereocenters. The van der Waals surface area contributed by atoms with Crippen LogP contribution in [0.1, 0.15) is 22.3 Å². The number of rotatable bonds is 5. The van der Waals surface area contributed by atoms with E-state index >= 15 is 0 Å². The lowest BCUT2D eigenvalue weighted by Gasteiger charge is -2.12. The number of aryl methyl sites for hydroxylation is 3. The standard InChI is InChI=1S/C17H19F2NO/c1-11-8-13(3)14(9-12(11)2)10-20-15-4-6-16(7-5-15)21-17(18)19/h4-9,17,20H,10H2,1-3H3. The van der Waals surface area contributed by atoms with Gasteiger partial charge in [-0.2, -0.15) is 8.78 Å². The van der Waals surface area contributed by atoms with Crippen LogP contribution < -0.4 is 10.1 Å². The summed E-state index contributed by atoms with van der Waals surface area (Å²) in [6.07, 6.45) is 0. The average molecular weight is 291 g/mol. The van der Waals surface area contributed by atoms with Crippen LogP contribution in [0.5, 0.6) is 5.75 Å². The fourth-order valence-corrected chi connectivity index (χ4v) is 2.16. The molecule has 0 bridgehead atoms. The number of halogens is 2. The molecule has 0 fully saturated rings. The third-order valence-corrected chi connectivity index (χ3v) is 3.51. The van der Waals surface area contributed by atoms with Gasteiger partial charge in [0.2, 0.25) is 0 Å². The van der Waals surface area contributed by atoms with Gasteiger partial charge in [-0.15, -0.1) is 0 Å². The molecule has 0 aliphatic heterocycles. The summed E-state index contributed by atoms with van der Waals surface area (Å²) in [4.78, 5) is 0. The smallest absolute Gasteiger partial charge is 0.387 e. The Morgan fingerprint density at radius 1 is 0.952 bits per heavy atom. The third kappa shape index (κ3) is 4.18. The molecule has 0 saturated carbocycles. The molecule has 4 heteroatoms. The Labute approximate surface area is 123 Å². The van der Waals surface area contributed by atoms with E-state index in [-0.39, 0.29) is 5.75 Å². The van der Waals surface area contributed by atoms with E-state index in [1.54, 1.807) is 12.1 Å². The minimum absolute atomic E-state index is 0.165. The Morgan fingerprint density at radius 2 is 1.57 bits per heavy atom. The van der Waals surface area contributed by atoms with E-state index in [2.05, 4.69) is 43.0 Å². The van der Waals surface area contributed by atoms with Crippen molar-refractivity contribution in [3.05, 3.63) is 58.7 Å². The first-order chi connectivity index (χ1) is 9.95. The quantitative estimate of drug-likeness (QED) is 0.852. The fraction of sp³-hybridized carbons (Fsp3) is 0.294. The summed E-state index contributed by atoms with van der Waals surface area (Å²) in [7, 11) is 0. The van der Waals surface area contributed by atoms with E-state index in [0.29, 0.717) is 6.54 Å². The number of hydrogen-bond acceptors (Lipinski definition) is 2. The van der Waals surface area contributed by atoms with Crippen LogP contribution in [0.4, 0.5) is 14.5 Å². The molecule has 0 radical (unpaired) electrons. The predicted molar refractivity (Wildman–Crippen MR) is 81.1 cm³/mol. The van der Waals surface area contributed by atoms with E-state index in [4.69, 9.17) is 0 Å². The van der Waals surface area contributed by atoms with Crippen LogP contribution in [0, 0.1) is 20.8 Å². The summed E-state index contributed by atoms with van der Waals surface area (Å²) in [6.45, 7) is 4.18. The second-order valence-corrected chi connectivity index (χ2v) is 5.12. The molecule has 2 aromatic rings. The zero-order chi connectivity index (χ0) is 15.4. The first kappa shape index (κ1) is 15.3. The van der Waals surface area contributed by atoms with Crippen molar-refractivity contribution in [3.63, 3.8) is 0 Å². The molecule has 0 aliphatic carbocycles. The second-order valence-electron chi connectivity index (χ2n) is 5.12. The second kappa shape index (κ2) is 6.57. The van der Waals surface area contributed by atoms with Gasteiger partial charge in [-0.1, -0.05) is 12.1 Å². The summed E-state index contributed by atoms with van der Waals surface area (Å²) >= 11 is 0. The molecular formula is C17H19F2NO. The van der Waals surface area contributed by atoms with Gasteiger partial charge in [0.05, 0.1) is 0 Å². The molecule has 0 amide bonds. The van der Waals surface area contributed by atoms with Crippen LogP contribution in [0.3, 0.4) is 0 Å². The molecule has 2 rings (SSSR count). The van der Waals surface area contributed by atoms with Crippen molar-refractivity contribution in [3.8, 4) is 5.75 Å². The van der Waals surface area contributed by atoms with Crippen LogP contribution in [0.25, 0.3) is 0 Å². The van der Waals surface area contributed by atoms with Gasteiger partial charge < -0.3 is 10.1 Å². The summed E-state index contributed by atoms with van der Waals surface area (Å²) in [5, 5.41) is 3.29. The highest BCUT2D eigenvalue weighted by Crippen LogP contribution is 2.20. The summed E-state index contributed by atoms with van der Waals surface area (Å²) < 4.78 is 28.5. The van der Waals surface area contributed by atoms with Crippen molar-refractivity contribution in [2.45, 2.75) is 33.9 Å². The molecule has 0 aliphatic rings. The Kier molecular flexibility index (Phi) is 4.78. The lowest BCUT2D eigenvalue weighted by Crippen LogP contribution is -2.04. The monoisotopic (exact) mass is 291 g/mol. The van der Waals surface area contributed by atoms with E-state index in [0.717, 1.165) is 5.69 Å². The SMILES string of the molecule is Cc1cc(C)c(CNc2ccc(OC(F)F)cc2)cc1C.